The van der Waals surface area contributed by atoms with Crippen LogP contribution in [0.2, 0.25) is 0 Å². The van der Waals surface area contributed by atoms with Gasteiger partial charge in [-0.15, -0.1) is 0 Å². The molecule has 25 heavy (non-hydrogen) atoms. The summed E-state index contributed by atoms with van der Waals surface area (Å²) in [5, 5.41) is 2.52. The number of hydrazine groups is 1. The number of nitrogens with one attached hydrogen (secondary N) is 1. The van der Waals surface area contributed by atoms with Gasteiger partial charge >= 0.3 is 0 Å². The second-order valence-corrected chi connectivity index (χ2v) is 5.53. The number of fused-ring (bicyclic) bond motifs is 3. The molecule has 0 aliphatic carbocycles. The summed E-state index contributed by atoms with van der Waals surface area (Å²) in [7, 11) is 3.15. The van der Waals surface area contributed by atoms with Gasteiger partial charge in [-0.3, -0.25) is 9.59 Å². The molecule has 0 spiro atoms. The quantitative estimate of drug-likeness (QED) is 0.579. The Morgan fingerprint density at radius 3 is 2.40 bits per heavy atom. The first kappa shape index (κ1) is 17.3. The first-order valence-electron chi connectivity index (χ1n) is 7.97. The number of amides is 2. The van der Waals surface area contributed by atoms with Gasteiger partial charge in [0.25, 0.3) is 11.8 Å². The molecular formula is C18H20N2O5. The SMILES string of the molecule is COCCNN1C(=O)c2cc(OCCOC)c3ccccc3c2C1=O. The molecule has 3 rings (SSSR count). The Balaban J connectivity index is 2.01. The summed E-state index contributed by atoms with van der Waals surface area (Å²) in [6.45, 7) is 1.54. The van der Waals surface area contributed by atoms with Crippen LogP contribution in [0.3, 0.4) is 0 Å². The number of nitrogens with zero attached hydrogens (tertiary/aromatic N) is 1. The van der Waals surface area contributed by atoms with Crippen molar-refractivity contribution in [1.82, 2.24) is 10.4 Å². The molecule has 132 valence electrons. The van der Waals surface area contributed by atoms with Gasteiger partial charge in [-0.1, -0.05) is 24.3 Å². The Labute approximate surface area is 145 Å². The summed E-state index contributed by atoms with van der Waals surface area (Å²) in [5.41, 5.74) is 3.54. The van der Waals surface area contributed by atoms with Crippen LogP contribution in [0, 0.1) is 0 Å². The lowest BCUT2D eigenvalue weighted by Gasteiger charge is -2.14. The van der Waals surface area contributed by atoms with Gasteiger partial charge < -0.3 is 14.2 Å². The third-order valence-electron chi connectivity index (χ3n) is 3.98. The summed E-state index contributed by atoms with van der Waals surface area (Å²) in [6, 6.07) is 9.03. The number of imide groups is 1. The topological polar surface area (TPSA) is 77.1 Å². The maximum Gasteiger partial charge on any atom is 0.276 e. The highest BCUT2D eigenvalue weighted by Gasteiger charge is 2.38. The molecule has 0 saturated heterocycles. The second kappa shape index (κ2) is 7.60. The molecule has 1 heterocycles. The molecule has 0 atom stereocenters. The van der Waals surface area contributed by atoms with E-state index in [1.165, 1.54) is 0 Å². The van der Waals surface area contributed by atoms with Gasteiger partial charge in [0.2, 0.25) is 0 Å². The second-order valence-electron chi connectivity index (χ2n) is 5.53. The summed E-state index contributed by atoms with van der Waals surface area (Å²) in [4.78, 5) is 25.4. The van der Waals surface area contributed by atoms with Crippen molar-refractivity contribution < 1.29 is 23.8 Å². The van der Waals surface area contributed by atoms with Crippen LogP contribution in [0.25, 0.3) is 10.8 Å². The fourth-order valence-corrected chi connectivity index (χ4v) is 2.82. The van der Waals surface area contributed by atoms with Crippen molar-refractivity contribution >= 4 is 22.6 Å². The summed E-state index contributed by atoms with van der Waals surface area (Å²) in [6.07, 6.45) is 0. The average molecular weight is 344 g/mol. The normalized spacial score (nSPS) is 13.6. The Bertz CT molecular complexity index is 805. The van der Waals surface area contributed by atoms with Crippen molar-refractivity contribution in [3.63, 3.8) is 0 Å². The number of benzene rings is 2. The third kappa shape index (κ3) is 3.21. The minimum atomic E-state index is -0.390. The van der Waals surface area contributed by atoms with Gasteiger partial charge in [0, 0.05) is 26.2 Å². The first-order valence-corrected chi connectivity index (χ1v) is 7.97. The van der Waals surface area contributed by atoms with Crippen LogP contribution in [0.15, 0.2) is 30.3 Å². The monoisotopic (exact) mass is 344 g/mol. The van der Waals surface area contributed by atoms with E-state index in [9.17, 15) is 9.59 Å². The summed E-state index contributed by atoms with van der Waals surface area (Å²) < 4.78 is 15.7. The Kier molecular flexibility index (Phi) is 5.28. The van der Waals surface area contributed by atoms with E-state index in [0.717, 1.165) is 10.4 Å². The fourth-order valence-electron chi connectivity index (χ4n) is 2.82. The lowest BCUT2D eigenvalue weighted by atomic mass is 9.99. The van der Waals surface area contributed by atoms with Gasteiger partial charge in [-0.05, 0) is 11.5 Å². The molecule has 1 aliphatic heterocycles. The number of carbonyl (C=O) groups excluding carboxylic acids is 2. The van der Waals surface area contributed by atoms with Crippen LogP contribution in [0.4, 0.5) is 0 Å². The molecule has 0 saturated carbocycles. The van der Waals surface area contributed by atoms with Gasteiger partial charge in [0.15, 0.2) is 0 Å². The highest BCUT2D eigenvalue weighted by molar-refractivity contribution is 6.26. The number of carbonyl (C=O) groups is 2. The van der Waals surface area contributed by atoms with E-state index >= 15 is 0 Å². The number of ether oxygens (including phenoxy) is 3. The molecule has 1 N–H and O–H groups in total. The predicted molar refractivity (Wildman–Crippen MR) is 91.7 cm³/mol. The molecule has 0 radical (unpaired) electrons. The van der Waals surface area contributed by atoms with Crippen LogP contribution in [-0.4, -0.2) is 57.4 Å². The Morgan fingerprint density at radius 2 is 1.68 bits per heavy atom. The van der Waals surface area contributed by atoms with Crippen LogP contribution in [-0.2, 0) is 9.47 Å². The summed E-state index contributed by atoms with van der Waals surface area (Å²) >= 11 is 0. The molecule has 2 amide bonds. The largest absolute Gasteiger partial charge is 0.491 e. The van der Waals surface area contributed by atoms with E-state index < -0.39 is 5.91 Å². The molecule has 1 aliphatic rings. The van der Waals surface area contributed by atoms with Crippen LogP contribution < -0.4 is 10.2 Å². The predicted octanol–water partition coefficient (Wildman–Crippen LogP) is 1.61. The van der Waals surface area contributed by atoms with Crippen molar-refractivity contribution in [2.75, 3.05) is 40.6 Å². The number of hydrogen-bond donors (Lipinski definition) is 1. The zero-order chi connectivity index (χ0) is 17.8. The zero-order valence-electron chi connectivity index (χ0n) is 14.2. The van der Waals surface area contributed by atoms with Gasteiger partial charge in [-0.25, -0.2) is 10.4 Å². The van der Waals surface area contributed by atoms with Crippen molar-refractivity contribution in [2.45, 2.75) is 0 Å². The van der Waals surface area contributed by atoms with E-state index in [1.54, 1.807) is 20.3 Å². The molecule has 2 aromatic rings. The number of methoxy groups -OCH3 is 2. The maximum absolute atomic E-state index is 12.7. The molecule has 0 aromatic heterocycles. The Morgan fingerprint density at radius 1 is 0.960 bits per heavy atom. The average Bonchev–Trinajstić information content (AvgIpc) is 2.87. The number of hydrogen-bond acceptors (Lipinski definition) is 6. The Hall–Kier alpha value is -2.48. The molecule has 7 heteroatoms. The highest BCUT2D eigenvalue weighted by atomic mass is 16.5. The van der Waals surface area contributed by atoms with Crippen LogP contribution in [0.1, 0.15) is 20.7 Å². The van der Waals surface area contributed by atoms with Crippen LogP contribution >= 0.6 is 0 Å². The third-order valence-corrected chi connectivity index (χ3v) is 3.98. The number of rotatable bonds is 8. The smallest absolute Gasteiger partial charge is 0.276 e. The molecule has 0 fully saturated rings. The summed E-state index contributed by atoms with van der Waals surface area (Å²) in [5.74, 6) is -0.194. The lowest BCUT2D eigenvalue weighted by molar-refractivity contribution is 0.0546. The minimum Gasteiger partial charge on any atom is -0.491 e. The van der Waals surface area contributed by atoms with E-state index in [0.29, 0.717) is 48.6 Å². The standard InChI is InChI=1S/C18H20N2O5/c1-23-8-7-19-20-17(21)14-11-15(25-10-9-24-2)12-5-3-4-6-13(12)16(14)18(20)22/h3-6,11,19H,7-10H2,1-2H3. The van der Waals surface area contributed by atoms with E-state index in [1.807, 2.05) is 24.3 Å². The molecule has 2 aromatic carbocycles. The molecule has 7 nitrogen and oxygen atoms in total. The van der Waals surface area contributed by atoms with Crippen molar-refractivity contribution in [1.29, 1.82) is 0 Å². The molecule has 0 bridgehead atoms. The fraction of sp³-hybridized carbons (Fsp3) is 0.333. The zero-order valence-corrected chi connectivity index (χ0v) is 14.2. The van der Waals surface area contributed by atoms with Gasteiger partial charge in [-0.2, -0.15) is 0 Å². The minimum absolute atomic E-state index is 0.334. The van der Waals surface area contributed by atoms with E-state index in [-0.39, 0.29) is 5.91 Å². The van der Waals surface area contributed by atoms with Gasteiger partial charge in [0.05, 0.1) is 24.3 Å². The van der Waals surface area contributed by atoms with Crippen molar-refractivity contribution in [2.24, 2.45) is 0 Å². The molecule has 0 unspecified atom stereocenters. The van der Waals surface area contributed by atoms with Gasteiger partial charge in [0.1, 0.15) is 12.4 Å². The van der Waals surface area contributed by atoms with Crippen molar-refractivity contribution in [3.8, 4) is 5.75 Å². The van der Waals surface area contributed by atoms with Crippen molar-refractivity contribution in [3.05, 3.63) is 41.5 Å². The van der Waals surface area contributed by atoms with E-state index in [2.05, 4.69) is 5.43 Å². The van der Waals surface area contributed by atoms with Crippen LogP contribution in [0.5, 0.6) is 5.75 Å². The first-order chi connectivity index (χ1) is 12.2. The van der Waals surface area contributed by atoms with E-state index in [4.69, 9.17) is 14.2 Å². The maximum atomic E-state index is 12.7. The highest BCUT2D eigenvalue weighted by Crippen LogP contribution is 2.35. The lowest BCUT2D eigenvalue weighted by Crippen LogP contribution is -2.43. The molecular weight excluding hydrogens is 324 g/mol.